The van der Waals surface area contributed by atoms with Crippen molar-refractivity contribution in [3.63, 3.8) is 0 Å². The number of thioether (sulfide) groups is 1. The van der Waals surface area contributed by atoms with Crippen LogP contribution in [0.1, 0.15) is 33.1 Å². The number of unbranched alkanes of at least 4 members (excludes halogenated alkanes) is 1. The van der Waals surface area contributed by atoms with Gasteiger partial charge in [-0.2, -0.15) is 11.8 Å². The van der Waals surface area contributed by atoms with Crippen LogP contribution in [0.5, 0.6) is 0 Å². The summed E-state index contributed by atoms with van der Waals surface area (Å²) >= 11 is 1.46. The summed E-state index contributed by atoms with van der Waals surface area (Å²) in [6.45, 7) is 4.29. The van der Waals surface area contributed by atoms with E-state index in [1.807, 2.05) is 6.92 Å². The Balaban J connectivity index is 3.39. The molecule has 0 heterocycles. The van der Waals surface area contributed by atoms with Crippen molar-refractivity contribution in [1.82, 2.24) is 10.6 Å². The molecular formula is C17H30N2O8S. The van der Waals surface area contributed by atoms with E-state index in [0.29, 0.717) is 17.9 Å². The summed E-state index contributed by atoms with van der Waals surface area (Å²) in [5.41, 5.74) is 0. The second-order valence-electron chi connectivity index (χ2n) is 5.40. The zero-order valence-electron chi connectivity index (χ0n) is 16.5. The van der Waals surface area contributed by atoms with Gasteiger partial charge in [-0.1, -0.05) is 13.3 Å². The first kappa shape index (κ1) is 25.8. The molecule has 0 unspecified atom stereocenters. The van der Waals surface area contributed by atoms with Gasteiger partial charge in [0, 0.05) is 24.9 Å². The Morgan fingerprint density at radius 1 is 0.786 bits per heavy atom. The molecule has 0 spiro atoms. The van der Waals surface area contributed by atoms with Crippen molar-refractivity contribution in [3.05, 3.63) is 0 Å². The highest BCUT2D eigenvalue weighted by atomic mass is 32.2. The summed E-state index contributed by atoms with van der Waals surface area (Å²) in [5.74, 6) is 0.425. The fourth-order valence-electron chi connectivity index (χ4n) is 1.65. The monoisotopic (exact) mass is 422 g/mol. The minimum atomic E-state index is -0.584. The summed E-state index contributed by atoms with van der Waals surface area (Å²) < 4.78 is 19.5. The maximum Gasteiger partial charge on any atom is 0.407 e. The zero-order valence-corrected chi connectivity index (χ0v) is 17.3. The van der Waals surface area contributed by atoms with E-state index in [2.05, 4.69) is 15.4 Å². The Kier molecular flexibility index (Phi) is 16.8. The quantitative estimate of drug-likeness (QED) is 0.229. The highest BCUT2D eigenvalue weighted by Crippen LogP contribution is 2.00. The molecule has 0 aromatic carbocycles. The second-order valence-corrected chi connectivity index (χ2v) is 6.63. The molecule has 2 amide bonds. The lowest BCUT2D eigenvalue weighted by Crippen LogP contribution is -2.29. The smallest absolute Gasteiger partial charge is 0.407 e. The van der Waals surface area contributed by atoms with Crippen LogP contribution in [0.15, 0.2) is 0 Å². The molecule has 11 heteroatoms. The first-order valence-corrected chi connectivity index (χ1v) is 10.3. The molecule has 0 aliphatic rings. The highest BCUT2D eigenvalue weighted by Gasteiger charge is 2.05. The molecule has 0 bridgehead atoms. The van der Waals surface area contributed by atoms with Crippen LogP contribution in [0.4, 0.5) is 9.59 Å². The van der Waals surface area contributed by atoms with Gasteiger partial charge in [-0.3, -0.25) is 9.59 Å². The lowest BCUT2D eigenvalue weighted by Gasteiger charge is -2.08. The molecule has 0 aromatic rings. The van der Waals surface area contributed by atoms with E-state index in [0.717, 1.165) is 12.8 Å². The van der Waals surface area contributed by atoms with Crippen LogP contribution in [0.25, 0.3) is 0 Å². The fraction of sp³-hybridized carbons (Fsp3) is 0.765. The Morgan fingerprint density at radius 2 is 1.32 bits per heavy atom. The van der Waals surface area contributed by atoms with Crippen molar-refractivity contribution >= 4 is 35.9 Å². The van der Waals surface area contributed by atoms with Crippen molar-refractivity contribution in [2.45, 2.75) is 33.1 Å². The maximum atomic E-state index is 11.4. The van der Waals surface area contributed by atoms with Gasteiger partial charge in [0.1, 0.15) is 26.4 Å². The third kappa shape index (κ3) is 18.6. The third-order valence-corrected chi connectivity index (χ3v) is 3.88. The summed E-state index contributed by atoms with van der Waals surface area (Å²) in [7, 11) is 0. The van der Waals surface area contributed by atoms with Crippen LogP contribution in [0, 0.1) is 0 Å². The Labute approximate surface area is 169 Å². The highest BCUT2D eigenvalue weighted by molar-refractivity contribution is 7.99. The molecule has 0 aromatic heterocycles. The second kappa shape index (κ2) is 18.2. The lowest BCUT2D eigenvalue weighted by molar-refractivity contribution is -0.143. The van der Waals surface area contributed by atoms with Crippen LogP contribution >= 0.6 is 11.8 Å². The van der Waals surface area contributed by atoms with Gasteiger partial charge in [0.05, 0.1) is 13.1 Å². The number of hydrogen-bond donors (Lipinski definition) is 2. The van der Waals surface area contributed by atoms with E-state index >= 15 is 0 Å². The van der Waals surface area contributed by atoms with Crippen molar-refractivity contribution in [2.75, 3.05) is 51.0 Å². The van der Waals surface area contributed by atoms with Gasteiger partial charge in [-0.05, 0) is 6.42 Å². The van der Waals surface area contributed by atoms with Crippen LogP contribution in [0.3, 0.4) is 0 Å². The van der Waals surface area contributed by atoms with Crippen LogP contribution in [-0.2, 0) is 28.5 Å². The molecule has 162 valence electrons. The number of alkyl carbamates (subject to hydrolysis) is 2. The largest absolute Gasteiger partial charge is 0.464 e. The normalized spacial score (nSPS) is 9.93. The van der Waals surface area contributed by atoms with Gasteiger partial charge in [0.25, 0.3) is 0 Å². The molecule has 10 nitrogen and oxygen atoms in total. The summed E-state index contributed by atoms with van der Waals surface area (Å²) in [6, 6.07) is 0. The number of rotatable bonds is 15. The molecule has 0 saturated heterocycles. The SMILES string of the molecule is CCCCC(=O)OCCNC(=O)OCCSCCOC(=O)NCCOC(C)=O. The number of esters is 2. The molecule has 0 rings (SSSR count). The van der Waals surface area contributed by atoms with Gasteiger partial charge >= 0.3 is 24.1 Å². The molecule has 0 radical (unpaired) electrons. The summed E-state index contributed by atoms with van der Waals surface area (Å²) in [6.07, 6.45) is 0.942. The molecule has 28 heavy (non-hydrogen) atoms. The summed E-state index contributed by atoms with van der Waals surface area (Å²) in [5, 5.41) is 4.93. The van der Waals surface area contributed by atoms with E-state index < -0.39 is 18.2 Å². The van der Waals surface area contributed by atoms with E-state index in [9.17, 15) is 19.2 Å². The maximum absolute atomic E-state index is 11.4. The molecule has 0 aliphatic heterocycles. The van der Waals surface area contributed by atoms with Crippen molar-refractivity contribution < 1.29 is 38.1 Å². The van der Waals surface area contributed by atoms with E-state index in [1.165, 1.54) is 18.7 Å². The Morgan fingerprint density at radius 3 is 1.82 bits per heavy atom. The Bertz CT molecular complexity index is 476. The first-order valence-electron chi connectivity index (χ1n) is 9.13. The number of amides is 2. The minimum absolute atomic E-state index is 0.0971. The first-order chi connectivity index (χ1) is 13.5. The van der Waals surface area contributed by atoms with Gasteiger partial charge in [-0.15, -0.1) is 0 Å². The summed E-state index contributed by atoms with van der Waals surface area (Å²) in [4.78, 5) is 44.5. The van der Waals surface area contributed by atoms with Crippen molar-refractivity contribution in [3.8, 4) is 0 Å². The average molecular weight is 423 g/mol. The van der Waals surface area contributed by atoms with Gasteiger partial charge in [0.2, 0.25) is 0 Å². The standard InChI is InChI=1S/C17H30N2O8S/c1-3-4-5-15(21)25-9-7-19-17(23)27-11-13-28-12-10-26-16(22)18-6-8-24-14(2)20/h3-13H2,1-2H3,(H,18,22)(H,19,23). The van der Waals surface area contributed by atoms with Crippen LogP contribution < -0.4 is 10.6 Å². The predicted molar refractivity (Wildman–Crippen MR) is 103 cm³/mol. The van der Waals surface area contributed by atoms with Gasteiger partial charge in [-0.25, -0.2) is 9.59 Å². The number of carbonyl (C=O) groups is 4. The molecular weight excluding hydrogens is 392 g/mol. The number of nitrogens with one attached hydrogen (secondary N) is 2. The van der Waals surface area contributed by atoms with Crippen LogP contribution in [0.2, 0.25) is 0 Å². The van der Waals surface area contributed by atoms with E-state index in [1.54, 1.807) is 0 Å². The lowest BCUT2D eigenvalue weighted by atomic mass is 10.2. The van der Waals surface area contributed by atoms with Crippen molar-refractivity contribution in [1.29, 1.82) is 0 Å². The van der Waals surface area contributed by atoms with E-state index in [4.69, 9.17) is 14.2 Å². The topological polar surface area (TPSA) is 129 Å². The number of hydrogen-bond acceptors (Lipinski definition) is 9. The molecule has 0 aliphatic carbocycles. The van der Waals surface area contributed by atoms with E-state index in [-0.39, 0.29) is 45.5 Å². The molecule has 2 N–H and O–H groups in total. The molecule has 0 saturated carbocycles. The number of carbonyl (C=O) groups excluding carboxylic acids is 4. The molecule has 0 fully saturated rings. The predicted octanol–water partition coefficient (Wildman–Crippen LogP) is 1.47. The minimum Gasteiger partial charge on any atom is -0.464 e. The van der Waals surface area contributed by atoms with Gasteiger partial charge < -0.3 is 29.6 Å². The van der Waals surface area contributed by atoms with Crippen LogP contribution in [-0.4, -0.2) is 75.1 Å². The van der Waals surface area contributed by atoms with Gasteiger partial charge in [0.15, 0.2) is 0 Å². The molecule has 0 atom stereocenters. The average Bonchev–Trinajstić information content (AvgIpc) is 2.66. The van der Waals surface area contributed by atoms with Crippen molar-refractivity contribution in [2.24, 2.45) is 0 Å². The Hall–Kier alpha value is -2.17. The third-order valence-electron chi connectivity index (χ3n) is 2.97. The fourth-order valence-corrected chi connectivity index (χ4v) is 2.26. The zero-order chi connectivity index (χ0) is 21.0. The number of ether oxygens (including phenoxy) is 4.